The zero-order chi connectivity index (χ0) is 18.9. The minimum Gasteiger partial charge on any atom is -0.370 e. The van der Waals surface area contributed by atoms with Crippen LogP contribution in [0.5, 0.6) is 0 Å². The third-order valence-corrected chi connectivity index (χ3v) is 7.43. The van der Waals surface area contributed by atoms with Crippen molar-refractivity contribution in [3.8, 4) is 0 Å². The first kappa shape index (κ1) is 19.0. The summed E-state index contributed by atoms with van der Waals surface area (Å²) in [7, 11) is 0. The molecule has 2 fully saturated rings. The molecule has 146 valence electrons. The molecule has 1 saturated carbocycles. The Balaban J connectivity index is 1.48. The molecule has 1 amide bonds. The molecule has 1 spiro atoms. The number of amides is 1. The highest BCUT2D eigenvalue weighted by Crippen LogP contribution is 2.36. The van der Waals surface area contributed by atoms with E-state index < -0.39 is 0 Å². The lowest BCUT2D eigenvalue weighted by atomic mass is 9.78. The summed E-state index contributed by atoms with van der Waals surface area (Å²) in [6.07, 6.45) is 4.24. The third kappa shape index (κ3) is 4.08. The largest absolute Gasteiger partial charge is 0.370 e. The van der Waals surface area contributed by atoms with Gasteiger partial charge in [0.15, 0.2) is 0 Å². The summed E-state index contributed by atoms with van der Waals surface area (Å²) in [6.45, 7) is 7.24. The summed E-state index contributed by atoms with van der Waals surface area (Å²) in [5.41, 5.74) is 3.32. The lowest BCUT2D eigenvalue weighted by Gasteiger charge is -2.49. The molecule has 3 heterocycles. The van der Waals surface area contributed by atoms with Gasteiger partial charge in [0.2, 0.25) is 0 Å². The molecule has 2 aromatic heterocycles. The standard InChI is InChI=1S/C19H26N4O2S2/c1-13-10-26-16(21-13)9-23-7-8-25-19(11-23)6-4-3-5-15(19)22-18(24)17-14(2)20-12-27-17/h10,12,15H,3-9,11H2,1-2H3,(H,22,24)/t15-,19-/m0/s1. The Labute approximate surface area is 168 Å². The molecule has 8 heteroatoms. The fraction of sp³-hybridized carbons (Fsp3) is 0.632. The fourth-order valence-corrected chi connectivity index (χ4v) is 5.72. The Morgan fingerprint density at radius 3 is 3.04 bits per heavy atom. The molecule has 1 saturated heterocycles. The molecule has 6 nitrogen and oxygen atoms in total. The smallest absolute Gasteiger partial charge is 0.263 e. The van der Waals surface area contributed by atoms with Gasteiger partial charge in [-0.1, -0.05) is 12.8 Å². The zero-order valence-corrected chi connectivity index (χ0v) is 17.5. The highest BCUT2D eigenvalue weighted by atomic mass is 32.1. The minimum absolute atomic E-state index is 0.0162. The molecule has 0 unspecified atom stereocenters. The van der Waals surface area contributed by atoms with Crippen molar-refractivity contribution in [1.29, 1.82) is 0 Å². The van der Waals surface area contributed by atoms with Crippen molar-refractivity contribution in [2.45, 2.75) is 57.7 Å². The van der Waals surface area contributed by atoms with Crippen molar-refractivity contribution in [2.75, 3.05) is 19.7 Å². The molecule has 4 rings (SSSR count). The Morgan fingerprint density at radius 2 is 2.30 bits per heavy atom. The summed E-state index contributed by atoms with van der Waals surface area (Å²) in [5, 5.41) is 6.54. The number of nitrogens with one attached hydrogen (secondary N) is 1. The van der Waals surface area contributed by atoms with Gasteiger partial charge in [0.1, 0.15) is 15.5 Å². The molecule has 0 bridgehead atoms. The second-order valence-corrected chi connectivity index (χ2v) is 9.34. The number of aromatic nitrogens is 2. The van der Waals surface area contributed by atoms with Crippen LogP contribution in [0, 0.1) is 13.8 Å². The van der Waals surface area contributed by atoms with Crippen LogP contribution in [0.3, 0.4) is 0 Å². The van der Waals surface area contributed by atoms with Gasteiger partial charge in [-0.05, 0) is 26.7 Å². The Bertz CT molecular complexity index is 801. The van der Waals surface area contributed by atoms with Crippen molar-refractivity contribution in [3.63, 3.8) is 0 Å². The maximum absolute atomic E-state index is 12.8. The van der Waals surface area contributed by atoms with Crippen molar-refractivity contribution in [2.24, 2.45) is 0 Å². The fourth-order valence-electron chi connectivity index (χ4n) is 4.20. The second kappa shape index (κ2) is 7.95. The number of nitrogens with zero attached hydrogens (tertiary/aromatic N) is 3. The maximum atomic E-state index is 12.8. The van der Waals surface area contributed by atoms with Gasteiger partial charge in [-0.3, -0.25) is 9.69 Å². The quantitative estimate of drug-likeness (QED) is 0.845. The van der Waals surface area contributed by atoms with E-state index in [2.05, 4.69) is 25.6 Å². The predicted molar refractivity (Wildman–Crippen MR) is 107 cm³/mol. The van der Waals surface area contributed by atoms with Crippen LogP contribution >= 0.6 is 22.7 Å². The van der Waals surface area contributed by atoms with Crippen LogP contribution in [-0.2, 0) is 11.3 Å². The number of morpholine rings is 1. The van der Waals surface area contributed by atoms with E-state index in [0.717, 1.165) is 61.7 Å². The summed E-state index contributed by atoms with van der Waals surface area (Å²) < 4.78 is 6.36. The summed E-state index contributed by atoms with van der Waals surface area (Å²) in [5.74, 6) is -0.0162. The summed E-state index contributed by atoms with van der Waals surface area (Å²) in [6, 6.07) is 0.0427. The molecule has 2 aliphatic rings. The lowest BCUT2D eigenvalue weighted by molar-refractivity contribution is -0.143. The first-order chi connectivity index (χ1) is 13.1. The van der Waals surface area contributed by atoms with Gasteiger partial charge in [-0.25, -0.2) is 9.97 Å². The second-order valence-electron chi connectivity index (χ2n) is 7.55. The zero-order valence-electron chi connectivity index (χ0n) is 15.9. The molecule has 0 radical (unpaired) electrons. The Kier molecular flexibility index (Phi) is 5.59. The average molecular weight is 407 g/mol. The number of hydrogen-bond donors (Lipinski definition) is 1. The first-order valence-electron chi connectivity index (χ1n) is 9.54. The summed E-state index contributed by atoms with van der Waals surface area (Å²) in [4.78, 5) is 24.7. The number of rotatable bonds is 4. The van der Waals surface area contributed by atoms with Crippen molar-refractivity contribution < 1.29 is 9.53 Å². The van der Waals surface area contributed by atoms with E-state index in [9.17, 15) is 4.79 Å². The van der Waals surface area contributed by atoms with Gasteiger partial charge in [-0.2, -0.15) is 0 Å². The van der Waals surface area contributed by atoms with Crippen molar-refractivity contribution >= 4 is 28.6 Å². The first-order valence-corrected chi connectivity index (χ1v) is 11.3. The van der Waals surface area contributed by atoms with E-state index in [0.29, 0.717) is 11.5 Å². The van der Waals surface area contributed by atoms with E-state index in [1.165, 1.54) is 11.3 Å². The Hall–Kier alpha value is -1.35. The van der Waals surface area contributed by atoms with Crippen molar-refractivity contribution in [3.05, 3.63) is 32.2 Å². The summed E-state index contributed by atoms with van der Waals surface area (Å²) >= 11 is 3.13. The van der Waals surface area contributed by atoms with Gasteiger partial charge in [-0.15, -0.1) is 22.7 Å². The van der Waals surface area contributed by atoms with Crippen molar-refractivity contribution in [1.82, 2.24) is 20.2 Å². The number of carbonyl (C=O) groups excluding carboxylic acids is 1. The normalized spacial score (nSPS) is 26.4. The van der Waals surface area contributed by atoms with Gasteiger partial charge < -0.3 is 10.1 Å². The number of aryl methyl sites for hydroxylation is 2. The number of carbonyl (C=O) groups is 1. The molecule has 0 aromatic carbocycles. The minimum atomic E-state index is -0.295. The van der Waals surface area contributed by atoms with Crippen LogP contribution in [0.1, 0.15) is 51.8 Å². The topological polar surface area (TPSA) is 67.3 Å². The van der Waals surface area contributed by atoms with Gasteiger partial charge in [0.25, 0.3) is 5.91 Å². The monoisotopic (exact) mass is 406 g/mol. The van der Waals surface area contributed by atoms with Gasteiger partial charge in [0, 0.05) is 24.2 Å². The third-order valence-electron chi connectivity index (χ3n) is 5.55. The van der Waals surface area contributed by atoms with Crippen LogP contribution in [0.2, 0.25) is 0 Å². The molecule has 2 aromatic rings. The maximum Gasteiger partial charge on any atom is 0.263 e. The lowest BCUT2D eigenvalue weighted by Crippen LogP contribution is -2.63. The molecule has 2 atom stereocenters. The molecular formula is C19H26N4O2S2. The predicted octanol–water partition coefficient (Wildman–Crippen LogP) is 3.16. The highest BCUT2D eigenvalue weighted by molar-refractivity contribution is 7.11. The molecule has 27 heavy (non-hydrogen) atoms. The highest BCUT2D eigenvalue weighted by Gasteiger charge is 2.46. The van der Waals surface area contributed by atoms with Gasteiger partial charge >= 0.3 is 0 Å². The molecule has 1 aliphatic carbocycles. The molecule has 1 N–H and O–H groups in total. The van der Waals surface area contributed by atoms with E-state index >= 15 is 0 Å². The Morgan fingerprint density at radius 1 is 1.41 bits per heavy atom. The van der Waals surface area contributed by atoms with Gasteiger partial charge in [0.05, 0.1) is 30.4 Å². The average Bonchev–Trinajstić information content (AvgIpc) is 3.25. The van der Waals surface area contributed by atoms with E-state index in [1.807, 2.05) is 13.8 Å². The molecular weight excluding hydrogens is 380 g/mol. The number of ether oxygens (including phenoxy) is 1. The van der Waals surface area contributed by atoms with E-state index in [4.69, 9.17) is 4.74 Å². The SMILES string of the molecule is Cc1csc(CN2CCO[C@@]3(CCCC[C@@H]3NC(=O)c3scnc3C)C2)n1. The van der Waals surface area contributed by atoms with Crippen LogP contribution in [0.15, 0.2) is 10.9 Å². The van der Waals surface area contributed by atoms with Crippen LogP contribution in [0.25, 0.3) is 0 Å². The number of hydrogen-bond acceptors (Lipinski definition) is 7. The van der Waals surface area contributed by atoms with Crippen LogP contribution < -0.4 is 5.32 Å². The van der Waals surface area contributed by atoms with Crippen LogP contribution in [0.4, 0.5) is 0 Å². The van der Waals surface area contributed by atoms with Crippen LogP contribution in [-0.4, -0.2) is 52.1 Å². The van der Waals surface area contributed by atoms with E-state index in [1.54, 1.807) is 16.8 Å². The van der Waals surface area contributed by atoms with E-state index in [-0.39, 0.29) is 17.6 Å². The molecule has 1 aliphatic heterocycles. The number of thiazole rings is 2.